The summed E-state index contributed by atoms with van der Waals surface area (Å²) in [6, 6.07) is 0. The van der Waals surface area contributed by atoms with E-state index in [0.29, 0.717) is 0 Å². The van der Waals surface area contributed by atoms with E-state index < -0.39 is 11.4 Å². The topological polar surface area (TPSA) is 37.3 Å². The number of carbonyl (C=O) groups is 1. The zero-order valence-corrected chi connectivity index (χ0v) is 12.0. The van der Waals surface area contributed by atoms with Crippen molar-refractivity contribution < 1.29 is 9.90 Å². The van der Waals surface area contributed by atoms with Gasteiger partial charge in [-0.05, 0) is 57.0 Å². The van der Waals surface area contributed by atoms with E-state index >= 15 is 0 Å². The Morgan fingerprint density at radius 1 is 1.29 bits per heavy atom. The van der Waals surface area contributed by atoms with Crippen molar-refractivity contribution in [1.82, 2.24) is 0 Å². The summed E-state index contributed by atoms with van der Waals surface area (Å²) in [6.07, 6.45) is 8.71. The molecule has 0 aliphatic heterocycles. The highest BCUT2D eigenvalue weighted by Crippen LogP contribution is 2.29. The molecule has 0 aromatic rings. The third-order valence-corrected chi connectivity index (χ3v) is 5.03. The molecule has 0 amide bonds. The summed E-state index contributed by atoms with van der Waals surface area (Å²) in [7, 11) is 0. The lowest BCUT2D eigenvalue weighted by atomic mass is 9.88. The largest absolute Gasteiger partial charge is 0.481 e. The lowest BCUT2D eigenvalue weighted by Gasteiger charge is -2.18. The Labute approximate surface area is 110 Å². The second-order valence-corrected chi connectivity index (χ2v) is 7.02. The van der Waals surface area contributed by atoms with Crippen LogP contribution in [0.4, 0.5) is 0 Å². The molecular formula is C14H26O2S. The molecule has 1 saturated carbocycles. The Bertz CT molecular complexity index is 232. The molecule has 2 nitrogen and oxygen atoms in total. The number of carboxylic acid groups (broad SMARTS) is 1. The number of hydrogen-bond acceptors (Lipinski definition) is 2. The fraction of sp³-hybridized carbons (Fsp3) is 0.929. The fourth-order valence-electron chi connectivity index (χ4n) is 2.31. The lowest BCUT2D eigenvalue weighted by molar-refractivity contribution is -0.147. The maximum absolute atomic E-state index is 10.9. The molecule has 1 rings (SSSR count). The predicted molar refractivity (Wildman–Crippen MR) is 74.6 cm³/mol. The Morgan fingerprint density at radius 3 is 2.53 bits per heavy atom. The summed E-state index contributed by atoms with van der Waals surface area (Å²) in [5.74, 6) is 2.82. The minimum Gasteiger partial charge on any atom is -0.481 e. The van der Waals surface area contributed by atoms with Gasteiger partial charge in [0, 0.05) is 0 Å². The van der Waals surface area contributed by atoms with E-state index in [0.717, 1.165) is 25.2 Å². The standard InChI is InChI=1S/C14H26O2S/c1-14(2,13(15)16)9-5-6-10-17-11-12-7-3-4-8-12/h12H,3-11H2,1-2H3,(H,15,16). The normalized spacial score (nSPS) is 17.5. The van der Waals surface area contributed by atoms with E-state index in [9.17, 15) is 4.79 Å². The van der Waals surface area contributed by atoms with Crippen LogP contribution in [0.25, 0.3) is 0 Å². The summed E-state index contributed by atoms with van der Waals surface area (Å²) in [5.41, 5.74) is -0.546. The van der Waals surface area contributed by atoms with Gasteiger partial charge in [0.2, 0.25) is 0 Å². The van der Waals surface area contributed by atoms with Crippen molar-refractivity contribution in [1.29, 1.82) is 0 Å². The molecule has 17 heavy (non-hydrogen) atoms. The maximum Gasteiger partial charge on any atom is 0.309 e. The average molecular weight is 258 g/mol. The van der Waals surface area contributed by atoms with Crippen LogP contribution in [-0.2, 0) is 4.79 Å². The molecule has 1 N–H and O–H groups in total. The zero-order valence-electron chi connectivity index (χ0n) is 11.2. The third kappa shape index (κ3) is 5.80. The quantitative estimate of drug-likeness (QED) is 0.663. The monoisotopic (exact) mass is 258 g/mol. The number of rotatable bonds is 8. The van der Waals surface area contributed by atoms with Crippen LogP contribution in [0.5, 0.6) is 0 Å². The van der Waals surface area contributed by atoms with E-state index in [1.807, 2.05) is 13.8 Å². The Hall–Kier alpha value is -0.180. The van der Waals surface area contributed by atoms with Gasteiger partial charge in [-0.2, -0.15) is 11.8 Å². The second kappa shape index (κ2) is 7.30. The first-order chi connectivity index (χ1) is 8.02. The molecule has 0 spiro atoms. The van der Waals surface area contributed by atoms with Crippen molar-refractivity contribution in [2.45, 2.75) is 58.8 Å². The Kier molecular flexibility index (Phi) is 6.39. The van der Waals surface area contributed by atoms with Crippen molar-refractivity contribution in [2.24, 2.45) is 11.3 Å². The van der Waals surface area contributed by atoms with Gasteiger partial charge in [-0.15, -0.1) is 0 Å². The molecule has 0 heterocycles. The third-order valence-electron chi connectivity index (χ3n) is 3.75. The molecule has 3 heteroatoms. The van der Waals surface area contributed by atoms with Crippen LogP contribution in [0.1, 0.15) is 58.8 Å². The molecule has 0 unspecified atom stereocenters. The van der Waals surface area contributed by atoms with Crippen LogP contribution in [0.3, 0.4) is 0 Å². The van der Waals surface area contributed by atoms with Crippen LogP contribution in [0, 0.1) is 11.3 Å². The molecule has 0 saturated heterocycles. The van der Waals surface area contributed by atoms with Crippen LogP contribution in [0.2, 0.25) is 0 Å². The average Bonchev–Trinajstić information content (AvgIpc) is 2.75. The number of aliphatic carboxylic acids is 1. The zero-order chi connectivity index (χ0) is 12.7. The first-order valence-electron chi connectivity index (χ1n) is 6.83. The second-order valence-electron chi connectivity index (χ2n) is 5.87. The van der Waals surface area contributed by atoms with Crippen molar-refractivity contribution in [2.75, 3.05) is 11.5 Å². The van der Waals surface area contributed by atoms with Crippen LogP contribution in [-0.4, -0.2) is 22.6 Å². The maximum atomic E-state index is 10.9. The molecule has 1 fully saturated rings. The van der Waals surface area contributed by atoms with E-state index in [2.05, 4.69) is 11.8 Å². The number of thioether (sulfide) groups is 1. The lowest BCUT2D eigenvalue weighted by Crippen LogP contribution is -2.23. The summed E-state index contributed by atoms with van der Waals surface area (Å²) in [6.45, 7) is 3.64. The van der Waals surface area contributed by atoms with E-state index in [1.54, 1.807) is 0 Å². The number of unbranched alkanes of at least 4 members (excludes halogenated alkanes) is 1. The molecular weight excluding hydrogens is 232 g/mol. The Balaban J connectivity index is 1.95. The summed E-state index contributed by atoms with van der Waals surface area (Å²) in [4.78, 5) is 10.9. The van der Waals surface area contributed by atoms with E-state index in [1.165, 1.54) is 37.2 Å². The molecule has 0 aromatic carbocycles. The van der Waals surface area contributed by atoms with Crippen LogP contribution >= 0.6 is 11.8 Å². The van der Waals surface area contributed by atoms with Gasteiger partial charge >= 0.3 is 5.97 Å². The first kappa shape index (κ1) is 14.9. The molecule has 100 valence electrons. The highest BCUT2D eigenvalue weighted by atomic mass is 32.2. The summed E-state index contributed by atoms with van der Waals surface area (Å²) in [5, 5.41) is 8.98. The Morgan fingerprint density at radius 2 is 1.94 bits per heavy atom. The fourth-order valence-corrected chi connectivity index (χ4v) is 3.55. The highest BCUT2D eigenvalue weighted by Gasteiger charge is 2.25. The smallest absolute Gasteiger partial charge is 0.309 e. The predicted octanol–water partition coefficient (Wildman–Crippen LogP) is 4.19. The van der Waals surface area contributed by atoms with Crippen molar-refractivity contribution >= 4 is 17.7 Å². The van der Waals surface area contributed by atoms with Gasteiger partial charge in [-0.1, -0.05) is 19.3 Å². The van der Waals surface area contributed by atoms with Gasteiger partial charge in [0.1, 0.15) is 0 Å². The van der Waals surface area contributed by atoms with Gasteiger partial charge in [0.25, 0.3) is 0 Å². The van der Waals surface area contributed by atoms with Gasteiger partial charge in [-0.25, -0.2) is 0 Å². The minimum absolute atomic E-state index is 0.546. The number of hydrogen-bond donors (Lipinski definition) is 1. The van der Waals surface area contributed by atoms with Gasteiger partial charge < -0.3 is 5.11 Å². The van der Waals surface area contributed by atoms with Crippen LogP contribution < -0.4 is 0 Å². The molecule has 1 aliphatic carbocycles. The van der Waals surface area contributed by atoms with Crippen LogP contribution in [0.15, 0.2) is 0 Å². The van der Waals surface area contributed by atoms with Crippen molar-refractivity contribution in [3.05, 3.63) is 0 Å². The number of carboxylic acids is 1. The van der Waals surface area contributed by atoms with Gasteiger partial charge in [0.05, 0.1) is 5.41 Å². The van der Waals surface area contributed by atoms with E-state index in [-0.39, 0.29) is 0 Å². The summed E-state index contributed by atoms with van der Waals surface area (Å²) >= 11 is 2.06. The first-order valence-corrected chi connectivity index (χ1v) is 7.99. The van der Waals surface area contributed by atoms with Gasteiger partial charge in [0.15, 0.2) is 0 Å². The molecule has 0 atom stereocenters. The van der Waals surface area contributed by atoms with E-state index in [4.69, 9.17) is 5.11 Å². The molecule has 0 bridgehead atoms. The SMILES string of the molecule is CC(C)(CCCCSCC1CCCC1)C(=O)O. The molecule has 0 radical (unpaired) electrons. The summed E-state index contributed by atoms with van der Waals surface area (Å²) < 4.78 is 0. The van der Waals surface area contributed by atoms with Crippen molar-refractivity contribution in [3.8, 4) is 0 Å². The highest BCUT2D eigenvalue weighted by molar-refractivity contribution is 7.99. The minimum atomic E-state index is -0.670. The van der Waals surface area contributed by atoms with Crippen molar-refractivity contribution in [3.63, 3.8) is 0 Å². The molecule has 1 aliphatic rings. The molecule has 0 aromatic heterocycles. The van der Waals surface area contributed by atoms with Gasteiger partial charge in [-0.3, -0.25) is 4.79 Å².